The molecule has 13 heavy (non-hydrogen) atoms. The highest BCUT2D eigenvalue weighted by Gasteiger charge is 2.28. The molecule has 0 radical (unpaired) electrons. The van der Waals surface area contributed by atoms with E-state index >= 15 is 0 Å². The first kappa shape index (κ1) is 10.5. The largest absolute Gasteiger partial charge is 0.481 e. The second-order valence-electron chi connectivity index (χ2n) is 4.03. The number of hydrogen-bond donors (Lipinski definition) is 2. The van der Waals surface area contributed by atoms with Crippen LogP contribution in [0.25, 0.3) is 0 Å². The number of rotatable bonds is 4. The lowest BCUT2D eigenvalue weighted by atomic mass is 9.81. The average Bonchev–Trinajstić information content (AvgIpc) is 2.04. The maximum atomic E-state index is 10.3. The number of hydrogen-bond acceptors (Lipinski definition) is 2. The summed E-state index contributed by atoms with van der Waals surface area (Å²) in [6.45, 7) is 0. The molecule has 0 aromatic rings. The van der Waals surface area contributed by atoms with E-state index in [1.807, 2.05) is 0 Å². The summed E-state index contributed by atoms with van der Waals surface area (Å²) >= 11 is 0. The van der Waals surface area contributed by atoms with Crippen molar-refractivity contribution in [2.45, 2.75) is 57.0 Å². The molecule has 0 heterocycles. The van der Waals surface area contributed by atoms with Crippen LogP contribution in [0.15, 0.2) is 0 Å². The Kier molecular flexibility index (Phi) is 3.72. The van der Waals surface area contributed by atoms with Crippen LogP contribution in [-0.2, 0) is 4.79 Å². The third-order valence-corrected chi connectivity index (χ3v) is 2.82. The van der Waals surface area contributed by atoms with Crippen LogP contribution in [0.4, 0.5) is 0 Å². The van der Waals surface area contributed by atoms with Crippen molar-refractivity contribution in [3.8, 4) is 0 Å². The van der Waals surface area contributed by atoms with E-state index in [-0.39, 0.29) is 6.42 Å². The van der Waals surface area contributed by atoms with Gasteiger partial charge in [0.05, 0.1) is 5.60 Å². The van der Waals surface area contributed by atoms with Gasteiger partial charge in [-0.05, 0) is 25.7 Å². The van der Waals surface area contributed by atoms with E-state index in [0.717, 1.165) is 25.7 Å². The summed E-state index contributed by atoms with van der Waals surface area (Å²) in [7, 11) is 0. The maximum Gasteiger partial charge on any atom is 0.303 e. The average molecular weight is 186 g/mol. The first-order chi connectivity index (χ1) is 6.12. The van der Waals surface area contributed by atoms with E-state index in [2.05, 4.69) is 0 Å². The van der Waals surface area contributed by atoms with Gasteiger partial charge in [0.15, 0.2) is 0 Å². The molecule has 0 aromatic heterocycles. The fraction of sp³-hybridized carbons (Fsp3) is 0.900. The van der Waals surface area contributed by atoms with E-state index in [0.29, 0.717) is 12.8 Å². The second kappa shape index (κ2) is 4.61. The zero-order chi connectivity index (χ0) is 9.73. The highest BCUT2D eigenvalue weighted by Crippen LogP contribution is 2.31. The molecule has 3 heteroatoms. The Balaban J connectivity index is 2.21. The molecular formula is C10H18O3. The number of aliphatic carboxylic acids is 1. The van der Waals surface area contributed by atoms with Crippen LogP contribution in [0, 0.1) is 0 Å². The van der Waals surface area contributed by atoms with Gasteiger partial charge in [0.25, 0.3) is 0 Å². The Hall–Kier alpha value is -0.570. The van der Waals surface area contributed by atoms with Crippen molar-refractivity contribution in [3.05, 3.63) is 0 Å². The van der Waals surface area contributed by atoms with Crippen molar-refractivity contribution in [2.24, 2.45) is 0 Å². The van der Waals surface area contributed by atoms with Crippen molar-refractivity contribution < 1.29 is 15.0 Å². The van der Waals surface area contributed by atoms with Gasteiger partial charge in [-0.1, -0.05) is 19.3 Å². The Labute approximate surface area is 78.8 Å². The highest BCUT2D eigenvalue weighted by molar-refractivity contribution is 5.66. The van der Waals surface area contributed by atoms with E-state index in [1.165, 1.54) is 6.42 Å². The standard InChI is InChI=1S/C10H18O3/c11-9(12)5-4-8-10(13)6-2-1-3-7-10/h13H,1-8H2,(H,11,12). The number of carbonyl (C=O) groups is 1. The minimum absolute atomic E-state index is 0.183. The minimum Gasteiger partial charge on any atom is -0.481 e. The molecule has 1 aliphatic carbocycles. The van der Waals surface area contributed by atoms with E-state index < -0.39 is 11.6 Å². The van der Waals surface area contributed by atoms with E-state index in [4.69, 9.17) is 5.11 Å². The fourth-order valence-corrected chi connectivity index (χ4v) is 2.03. The van der Waals surface area contributed by atoms with Crippen LogP contribution in [0.5, 0.6) is 0 Å². The molecule has 1 aliphatic rings. The number of aliphatic hydroxyl groups is 1. The molecule has 1 rings (SSSR count). The van der Waals surface area contributed by atoms with Crippen molar-refractivity contribution in [1.82, 2.24) is 0 Å². The zero-order valence-electron chi connectivity index (χ0n) is 7.96. The molecule has 0 aromatic carbocycles. The molecule has 76 valence electrons. The van der Waals surface area contributed by atoms with Crippen LogP contribution in [-0.4, -0.2) is 21.8 Å². The van der Waals surface area contributed by atoms with Crippen LogP contribution in [0.2, 0.25) is 0 Å². The molecule has 1 saturated carbocycles. The Morgan fingerprint density at radius 3 is 2.38 bits per heavy atom. The lowest BCUT2D eigenvalue weighted by Crippen LogP contribution is -2.31. The molecule has 0 aliphatic heterocycles. The molecule has 0 unspecified atom stereocenters. The van der Waals surface area contributed by atoms with Gasteiger partial charge in [0.1, 0.15) is 0 Å². The first-order valence-electron chi connectivity index (χ1n) is 5.07. The van der Waals surface area contributed by atoms with Crippen molar-refractivity contribution in [1.29, 1.82) is 0 Å². The van der Waals surface area contributed by atoms with Crippen LogP contribution in [0.3, 0.4) is 0 Å². The van der Waals surface area contributed by atoms with Gasteiger partial charge in [-0.25, -0.2) is 0 Å². The van der Waals surface area contributed by atoms with Crippen molar-refractivity contribution in [3.63, 3.8) is 0 Å². The molecule has 1 fully saturated rings. The summed E-state index contributed by atoms with van der Waals surface area (Å²) in [4.78, 5) is 10.3. The molecular weight excluding hydrogens is 168 g/mol. The van der Waals surface area contributed by atoms with Gasteiger partial charge in [0, 0.05) is 6.42 Å². The third-order valence-electron chi connectivity index (χ3n) is 2.82. The topological polar surface area (TPSA) is 57.5 Å². The Morgan fingerprint density at radius 2 is 1.85 bits per heavy atom. The molecule has 0 saturated heterocycles. The maximum absolute atomic E-state index is 10.3. The van der Waals surface area contributed by atoms with Gasteiger partial charge in [-0.2, -0.15) is 0 Å². The van der Waals surface area contributed by atoms with Gasteiger partial charge >= 0.3 is 5.97 Å². The monoisotopic (exact) mass is 186 g/mol. The van der Waals surface area contributed by atoms with Crippen molar-refractivity contribution in [2.75, 3.05) is 0 Å². The SMILES string of the molecule is O=C(O)CCCC1(O)CCCCC1. The fourth-order valence-electron chi connectivity index (χ4n) is 2.03. The smallest absolute Gasteiger partial charge is 0.303 e. The summed E-state index contributed by atoms with van der Waals surface area (Å²) in [5.41, 5.74) is -0.548. The van der Waals surface area contributed by atoms with Crippen LogP contribution >= 0.6 is 0 Å². The number of carboxylic acids is 1. The second-order valence-corrected chi connectivity index (χ2v) is 4.03. The van der Waals surface area contributed by atoms with Crippen molar-refractivity contribution >= 4 is 5.97 Å². The summed E-state index contributed by atoms with van der Waals surface area (Å²) < 4.78 is 0. The van der Waals surface area contributed by atoms with E-state index in [9.17, 15) is 9.90 Å². The quantitative estimate of drug-likeness (QED) is 0.705. The summed E-state index contributed by atoms with van der Waals surface area (Å²) in [5, 5.41) is 18.4. The normalized spacial score (nSPS) is 21.3. The lowest BCUT2D eigenvalue weighted by Gasteiger charge is -2.31. The molecule has 0 amide bonds. The molecule has 0 bridgehead atoms. The zero-order valence-corrected chi connectivity index (χ0v) is 7.96. The third kappa shape index (κ3) is 3.77. The van der Waals surface area contributed by atoms with Crippen LogP contribution < -0.4 is 0 Å². The lowest BCUT2D eigenvalue weighted by molar-refractivity contribution is -0.137. The van der Waals surface area contributed by atoms with Gasteiger partial charge < -0.3 is 10.2 Å². The van der Waals surface area contributed by atoms with Gasteiger partial charge in [-0.3, -0.25) is 4.79 Å². The van der Waals surface area contributed by atoms with Gasteiger partial charge in [0.2, 0.25) is 0 Å². The highest BCUT2D eigenvalue weighted by atomic mass is 16.4. The van der Waals surface area contributed by atoms with E-state index in [1.54, 1.807) is 0 Å². The predicted molar refractivity (Wildman–Crippen MR) is 49.5 cm³/mol. The Morgan fingerprint density at radius 1 is 1.23 bits per heavy atom. The number of carboxylic acid groups (broad SMARTS) is 1. The van der Waals surface area contributed by atoms with Gasteiger partial charge in [-0.15, -0.1) is 0 Å². The molecule has 0 atom stereocenters. The molecule has 2 N–H and O–H groups in total. The predicted octanol–water partition coefficient (Wildman–Crippen LogP) is 1.94. The van der Waals surface area contributed by atoms with Crippen LogP contribution in [0.1, 0.15) is 51.4 Å². The molecule has 0 spiro atoms. The summed E-state index contributed by atoms with van der Waals surface area (Å²) in [6, 6.07) is 0. The summed E-state index contributed by atoms with van der Waals surface area (Å²) in [6.07, 6.45) is 6.53. The summed E-state index contributed by atoms with van der Waals surface area (Å²) in [5.74, 6) is -0.764. The first-order valence-corrected chi connectivity index (χ1v) is 5.07. The Bertz CT molecular complexity index is 171. The molecule has 3 nitrogen and oxygen atoms in total. The minimum atomic E-state index is -0.764.